The lowest BCUT2D eigenvalue weighted by atomic mass is 9.79. The van der Waals surface area contributed by atoms with Gasteiger partial charge in [-0.1, -0.05) is 111 Å². The molecule has 0 aliphatic heterocycles. The average Bonchev–Trinajstić information content (AvgIpc) is 3.73. The zero-order valence-electron chi connectivity index (χ0n) is 27.4. The van der Waals surface area contributed by atoms with Crippen LogP contribution in [0.1, 0.15) is 25.0 Å². The zero-order valence-corrected chi connectivity index (χ0v) is 27.4. The van der Waals surface area contributed by atoms with Gasteiger partial charge in [0, 0.05) is 38.3 Å². The van der Waals surface area contributed by atoms with Gasteiger partial charge in [-0.25, -0.2) is 0 Å². The summed E-state index contributed by atoms with van der Waals surface area (Å²) in [4.78, 5) is 0. The molecule has 0 unspecified atom stereocenters. The fourth-order valence-corrected chi connectivity index (χ4v) is 9.18. The Kier molecular flexibility index (Phi) is 5.21. The van der Waals surface area contributed by atoms with Crippen molar-refractivity contribution in [2.75, 3.05) is 0 Å². The third kappa shape index (κ3) is 3.45. The number of para-hydroxylation sites is 4. The maximum Gasteiger partial charge on any atom is 0.0547 e. The molecule has 49 heavy (non-hydrogen) atoms. The minimum atomic E-state index is -0.170. The molecule has 2 heterocycles. The van der Waals surface area contributed by atoms with Crippen LogP contribution in [-0.2, 0) is 5.41 Å². The predicted molar refractivity (Wildman–Crippen MR) is 208 cm³/mol. The molecule has 2 heteroatoms. The van der Waals surface area contributed by atoms with Crippen molar-refractivity contribution in [1.82, 2.24) is 9.13 Å². The lowest BCUT2D eigenvalue weighted by molar-refractivity contribution is 0.666. The van der Waals surface area contributed by atoms with Gasteiger partial charge in [0.05, 0.1) is 22.1 Å². The highest BCUT2D eigenvalue weighted by Gasteiger charge is 2.38. The molecule has 1 aliphatic carbocycles. The molecule has 8 aromatic carbocycles. The molecule has 11 rings (SSSR count). The maximum absolute atomic E-state index is 2.50. The first-order chi connectivity index (χ1) is 24.1. The Morgan fingerprint density at radius 2 is 0.837 bits per heavy atom. The number of rotatable bonds is 2. The van der Waals surface area contributed by atoms with Crippen LogP contribution in [0.3, 0.4) is 0 Å². The van der Waals surface area contributed by atoms with E-state index in [1.807, 2.05) is 0 Å². The summed E-state index contributed by atoms with van der Waals surface area (Å²) in [6.07, 6.45) is 0. The van der Waals surface area contributed by atoms with E-state index in [0.29, 0.717) is 0 Å². The molecular weight excluding hydrogens is 593 g/mol. The number of hydrogen-bond donors (Lipinski definition) is 0. The SMILES string of the molecule is CC1(C)c2ccccc2-c2c1c1cc3c(cc1c1cc4c5ccccc5n(-c5ccccc5)c4cc21)c1ccccc1n3-c1ccccc1. The molecule has 1 aliphatic rings. The summed E-state index contributed by atoms with van der Waals surface area (Å²) in [5.74, 6) is 0. The summed E-state index contributed by atoms with van der Waals surface area (Å²) in [7, 11) is 0. The minimum absolute atomic E-state index is 0.170. The quantitative estimate of drug-likeness (QED) is 0.169. The van der Waals surface area contributed by atoms with Crippen LogP contribution in [0, 0.1) is 0 Å². The van der Waals surface area contributed by atoms with Crippen molar-refractivity contribution in [2.24, 2.45) is 0 Å². The van der Waals surface area contributed by atoms with Crippen LogP contribution in [0.2, 0.25) is 0 Å². The summed E-state index contributed by atoms with van der Waals surface area (Å²) >= 11 is 0. The van der Waals surface area contributed by atoms with E-state index < -0.39 is 0 Å². The number of fused-ring (bicyclic) bond motifs is 14. The molecule has 0 fully saturated rings. The number of aromatic nitrogens is 2. The van der Waals surface area contributed by atoms with Gasteiger partial charge < -0.3 is 9.13 Å². The molecule has 0 saturated heterocycles. The molecule has 0 atom stereocenters. The first kappa shape index (κ1) is 26.9. The summed E-state index contributed by atoms with van der Waals surface area (Å²) in [6, 6.07) is 58.4. The van der Waals surface area contributed by atoms with Crippen LogP contribution in [0.15, 0.2) is 158 Å². The van der Waals surface area contributed by atoms with Gasteiger partial charge in [0.2, 0.25) is 0 Å². The van der Waals surface area contributed by atoms with Crippen LogP contribution in [-0.4, -0.2) is 9.13 Å². The lowest BCUT2D eigenvalue weighted by Crippen LogP contribution is -2.15. The first-order valence-electron chi connectivity index (χ1n) is 17.2. The van der Waals surface area contributed by atoms with Gasteiger partial charge in [-0.2, -0.15) is 0 Å². The van der Waals surface area contributed by atoms with Gasteiger partial charge >= 0.3 is 0 Å². The van der Waals surface area contributed by atoms with E-state index >= 15 is 0 Å². The Morgan fingerprint density at radius 1 is 0.367 bits per heavy atom. The third-order valence-corrected chi connectivity index (χ3v) is 11.2. The number of nitrogens with zero attached hydrogens (tertiary/aromatic N) is 2. The van der Waals surface area contributed by atoms with Gasteiger partial charge in [-0.3, -0.25) is 0 Å². The summed E-state index contributed by atoms with van der Waals surface area (Å²) < 4.78 is 4.90. The van der Waals surface area contributed by atoms with E-state index in [2.05, 4.69) is 181 Å². The normalized spacial score (nSPS) is 13.7. The Labute approximate surface area is 284 Å². The standard InChI is InChI=1S/C47H32N2/c1-47(2)40-22-12-9-21-33(40)45-38-27-43-36(31-19-10-13-23-41(31)48(43)29-15-5-3-6-16-29)25-34(38)35-26-37-32-20-11-14-24-42(32)49(30-17-7-4-8-18-30)44(37)28-39(35)46(45)47/h3-28H,1-2H3. The smallest absolute Gasteiger partial charge is 0.0547 e. The minimum Gasteiger partial charge on any atom is -0.309 e. The van der Waals surface area contributed by atoms with Crippen molar-refractivity contribution in [3.8, 4) is 22.5 Å². The largest absolute Gasteiger partial charge is 0.309 e. The van der Waals surface area contributed by atoms with Crippen molar-refractivity contribution >= 4 is 65.2 Å². The van der Waals surface area contributed by atoms with Gasteiger partial charge in [-0.15, -0.1) is 0 Å². The number of benzene rings is 8. The van der Waals surface area contributed by atoms with E-state index in [1.54, 1.807) is 0 Å². The highest BCUT2D eigenvalue weighted by atomic mass is 15.0. The Bertz CT molecular complexity index is 2990. The fourth-order valence-electron chi connectivity index (χ4n) is 9.18. The van der Waals surface area contributed by atoms with E-state index in [0.717, 1.165) is 0 Å². The van der Waals surface area contributed by atoms with Gasteiger partial charge in [0.25, 0.3) is 0 Å². The third-order valence-electron chi connectivity index (χ3n) is 11.2. The van der Waals surface area contributed by atoms with Crippen molar-refractivity contribution in [2.45, 2.75) is 19.3 Å². The van der Waals surface area contributed by atoms with E-state index in [4.69, 9.17) is 0 Å². The molecular formula is C47H32N2. The highest BCUT2D eigenvalue weighted by Crippen LogP contribution is 2.56. The second-order valence-corrected chi connectivity index (χ2v) is 14.1. The van der Waals surface area contributed by atoms with Crippen molar-refractivity contribution in [3.05, 3.63) is 169 Å². The zero-order chi connectivity index (χ0) is 32.4. The van der Waals surface area contributed by atoms with E-state index in [9.17, 15) is 0 Å². The van der Waals surface area contributed by atoms with E-state index in [1.165, 1.54) is 98.8 Å². The molecule has 230 valence electrons. The van der Waals surface area contributed by atoms with Crippen LogP contribution >= 0.6 is 0 Å². The second kappa shape index (κ2) is 9.49. The lowest BCUT2D eigenvalue weighted by Gasteiger charge is -2.24. The van der Waals surface area contributed by atoms with Gasteiger partial charge in [0.15, 0.2) is 0 Å². The first-order valence-corrected chi connectivity index (χ1v) is 17.2. The molecule has 0 bridgehead atoms. The molecule has 2 aromatic heterocycles. The molecule has 0 spiro atoms. The second-order valence-electron chi connectivity index (χ2n) is 14.1. The summed E-state index contributed by atoms with van der Waals surface area (Å²) in [5.41, 5.74) is 12.7. The van der Waals surface area contributed by atoms with Crippen molar-refractivity contribution < 1.29 is 0 Å². The Hall–Kier alpha value is -6.12. The van der Waals surface area contributed by atoms with E-state index in [-0.39, 0.29) is 5.41 Å². The van der Waals surface area contributed by atoms with Crippen molar-refractivity contribution in [3.63, 3.8) is 0 Å². The maximum atomic E-state index is 2.50. The Balaban J connectivity index is 1.39. The van der Waals surface area contributed by atoms with Gasteiger partial charge in [0.1, 0.15) is 0 Å². The average molecular weight is 625 g/mol. The highest BCUT2D eigenvalue weighted by molar-refractivity contribution is 6.27. The van der Waals surface area contributed by atoms with Crippen LogP contribution in [0.4, 0.5) is 0 Å². The van der Waals surface area contributed by atoms with Crippen LogP contribution in [0.25, 0.3) is 87.7 Å². The summed E-state index contributed by atoms with van der Waals surface area (Å²) in [6.45, 7) is 4.83. The van der Waals surface area contributed by atoms with Crippen LogP contribution < -0.4 is 0 Å². The topological polar surface area (TPSA) is 9.86 Å². The predicted octanol–water partition coefficient (Wildman–Crippen LogP) is 12.5. The van der Waals surface area contributed by atoms with Gasteiger partial charge in [-0.05, 0) is 104 Å². The fraction of sp³-hybridized carbons (Fsp3) is 0.0638. The monoisotopic (exact) mass is 624 g/mol. The molecule has 0 saturated carbocycles. The summed E-state index contributed by atoms with van der Waals surface area (Å²) in [5, 5.41) is 10.4. The molecule has 2 nitrogen and oxygen atoms in total. The van der Waals surface area contributed by atoms with Crippen molar-refractivity contribution in [1.29, 1.82) is 0 Å². The van der Waals surface area contributed by atoms with Crippen LogP contribution in [0.5, 0.6) is 0 Å². The molecule has 0 radical (unpaired) electrons. The Morgan fingerprint density at radius 3 is 1.43 bits per heavy atom. The molecule has 0 N–H and O–H groups in total. The molecule has 0 amide bonds. The molecule has 10 aromatic rings. The number of hydrogen-bond acceptors (Lipinski definition) is 0.